The summed E-state index contributed by atoms with van der Waals surface area (Å²) in [6.45, 7) is 0.708. The lowest BCUT2D eigenvalue weighted by molar-refractivity contribution is 0.627. The van der Waals surface area contributed by atoms with Crippen LogP contribution in [0.2, 0.25) is 0 Å². The Hall–Kier alpha value is -1.69. The van der Waals surface area contributed by atoms with Crippen LogP contribution in [0.1, 0.15) is 5.56 Å². The number of benzene rings is 2. The molecule has 1 heterocycles. The fourth-order valence-electron chi connectivity index (χ4n) is 2.07. The molecule has 0 aliphatic heterocycles. The van der Waals surface area contributed by atoms with Crippen LogP contribution in [0.4, 0.5) is 10.1 Å². The summed E-state index contributed by atoms with van der Waals surface area (Å²) in [6.07, 6.45) is 3.65. The number of fused-ring (bicyclic) bond motifs is 1. The van der Waals surface area contributed by atoms with Crippen molar-refractivity contribution in [2.45, 2.75) is 6.54 Å². The summed E-state index contributed by atoms with van der Waals surface area (Å²) in [6, 6.07) is 13.0. The molecule has 0 spiro atoms. The highest BCUT2D eigenvalue weighted by molar-refractivity contribution is 14.1. The number of aromatic nitrogens is 1. The molecule has 20 heavy (non-hydrogen) atoms. The number of nitrogens with one attached hydrogen (secondary N) is 1. The van der Waals surface area contributed by atoms with Crippen molar-refractivity contribution in [3.63, 3.8) is 0 Å². The minimum Gasteiger partial charge on any atom is -0.380 e. The summed E-state index contributed by atoms with van der Waals surface area (Å²) < 4.78 is 13.9. The number of hydrogen-bond acceptors (Lipinski definition) is 2. The van der Waals surface area contributed by atoms with Gasteiger partial charge in [-0.15, -0.1) is 0 Å². The predicted molar refractivity (Wildman–Crippen MR) is 88.2 cm³/mol. The van der Waals surface area contributed by atoms with Crippen LogP contribution in [-0.2, 0) is 6.54 Å². The van der Waals surface area contributed by atoms with E-state index in [0.717, 1.165) is 14.6 Å². The van der Waals surface area contributed by atoms with E-state index in [2.05, 4.69) is 51.1 Å². The topological polar surface area (TPSA) is 24.9 Å². The Morgan fingerprint density at radius 1 is 1.05 bits per heavy atom. The molecule has 4 heteroatoms. The van der Waals surface area contributed by atoms with E-state index < -0.39 is 0 Å². The molecular weight excluding hydrogens is 366 g/mol. The highest BCUT2D eigenvalue weighted by Crippen LogP contribution is 2.21. The first-order valence-electron chi connectivity index (χ1n) is 6.24. The van der Waals surface area contributed by atoms with Crippen molar-refractivity contribution >= 4 is 39.1 Å². The number of nitrogens with zero attached hydrogens (tertiary/aromatic N) is 1. The molecule has 3 rings (SSSR count). The van der Waals surface area contributed by atoms with Gasteiger partial charge in [-0.25, -0.2) is 4.39 Å². The third-order valence-electron chi connectivity index (χ3n) is 3.12. The SMILES string of the molecule is Fc1ccc(NCc2ccc3cnccc3c2)c(I)c1. The fraction of sp³-hybridized carbons (Fsp3) is 0.0625. The van der Waals surface area contributed by atoms with E-state index in [1.54, 1.807) is 12.3 Å². The van der Waals surface area contributed by atoms with Crippen LogP contribution in [0.15, 0.2) is 54.9 Å². The molecule has 0 aliphatic carbocycles. The molecule has 0 unspecified atom stereocenters. The Morgan fingerprint density at radius 3 is 2.80 bits per heavy atom. The van der Waals surface area contributed by atoms with Crippen molar-refractivity contribution < 1.29 is 4.39 Å². The van der Waals surface area contributed by atoms with Gasteiger partial charge in [-0.1, -0.05) is 12.1 Å². The molecule has 0 fully saturated rings. The average molecular weight is 378 g/mol. The lowest BCUT2D eigenvalue weighted by atomic mass is 10.1. The van der Waals surface area contributed by atoms with E-state index in [-0.39, 0.29) is 5.82 Å². The van der Waals surface area contributed by atoms with Crippen molar-refractivity contribution in [1.29, 1.82) is 0 Å². The van der Waals surface area contributed by atoms with Crippen molar-refractivity contribution in [1.82, 2.24) is 4.98 Å². The first kappa shape index (κ1) is 13.3. The molecule has 100 valence electrons. The molecule has 0 saturated carbocycles. The Morgan fingerprint density at radius 2 is 1.95 bits per heavy atom. The summed E-state index contributed by atoms with van der Waals surface area (Å²) in [5.74, 6) is -0.210. The lowest BCUT2D eigenvalue weighted by Crippen LogP contribution is -2.01. The minimum atomic E-state index is -0.210. The Balaban J connectivity index is 1.79. The molecule has 2 nitrogen and oxygen atoms in total. The van der Waals surface area contributed by atoms with Gasteiger partial charge in [0.2, 0.25) is 0 Å². The summed E-state index contributed by atoms with van der Waals surface area (Å²) in [4.78, 5) is 4.10. The first-order chi connectivity index (χ1) is 9.72. The second kappa shape index (κ2) is 5.75. The third-order valence-corrected chi connectivity index (χ3v) is 4.01. The van der Waals surface area contributed by atoms with Crippen LogP contribution in [0.5, 0.6) is 0 Å². The van der Waals surface area contributed by atoms with Gasteiger partial charge in [0.15, 0.2) is 0 Å². The van der Waals surface area contributed by atoms with Gasteiger partial charge in [-0.05, 0) is 63.9 Å². The maximum atomic E-state index is 13.0. The average Bonchev–Trinajstić information content (AvgIpc) is 2.46. The molecule has 0 atom stereocenters. The number of rotatable bonds is 3. The van der Waals surface area contributed by atoms with Gasteiger partial charge < -0.3 is 5.32 Å². The van der Waals surface area contributed by atoms with Gasteiger partial charge >= 0.3 is 0 Å². The zero-order valence-corrected chi connectivity index (χ0v) is 12.8. The van der Waals surface area contributed by atoms with Gasteiger partial charge in [0.05, 0.1) is 0 Å². The second-order valence-electron chi connectivity index (χ2n) is 4.53. The van der Waals surface area contributed by atoms with Gasteiger partial charge in [0.25, 0.3) is 0 Å². The predicted octanol–water partition coefficient (Wildman–Crippen LogP) is 4.59. The molecule has 1 N–H and O–H groups in total. The molecule has 0 saturated heterocycles. The number of pyridine rings is 1. The zero-order chi connectivity index (χ0) is 13.9. The Bertz CT molecular complexity index is 758. The van der Waals surface area contributed by atoms with Crippen LogP contribution in [0, 0.1) is 9.39 Å². The molecular formula is C16H12FIN2. The van der Waals surface area contributed by atoms with Gasteiger partial charge in [0, 0.05) is 33.6 Å². The molecule has 0 aliphatic rings. The number of hydrogen-bond donors (Lipinski definition) is 1. The van der Waals surface area contributed by atoms with Crippen molar-refractivity contribution in [3.05, 3.63) is 69.8 Å². The third kappa shape index (κ3) is 2.90. The van der Waals surface area contributed by atoms with Crippen LogP contribution in [-0.4, -0.2) is 4.98 Å². The largest absolute Gasteiger partial charge is 0.380 e. The van der Waals surface area contributed by atoms with E-state index in [1.165, 1.54) is 23.1 Å². The summed E-state index contributed by atoms with van der Waals surface area (Å²) >= 11 is 2.13. The van der Waals surface area contributed by atoms with Crippen molar-refractivity contribution in [2.75, 3.05) is 5.32 Å². The summed E-state index contributed by atoms with van der Waals surface area (Å²) in [7, 11) is 0. The standard InChI is InChI=1S/C16H12FIN2/c17-14-3-4-16(15(18)8-14)20-9-11-1-2-13-10-19-6-5-12(13)7-11/h1-8,10,20H,9H2. The highest BCUT2D eigenvalue weighted by Gasteiger charge is 2.02. The molecule has 0 amide bonds. The van der Waals surface area contributed by atoms with Gasteiger partial charge in [-0.2, -0.15) is 0 Å². The van der Waals surface area contributed by atoms with E-state index >= 15 is 0 Å². The molecule has 2 aromatic carbocycles. The van der Waals surface area contributed by atoms with Crippen molar-refractivity contribution in [2.24, 2.45) is 0 Å². The smallest absolute Gasteiger partial charge is 0.124 e. The Labute approximate surface area is 130 Å². The minimum absolute atomic E-state index is 0.210. The first-order valence-corrected chi connectivity index (χ1v) is 7.32. The number of halogens is 2. The highest BCUT2D eigenvalue weighted by atomic mass is 127. The van der Waals surface area contributed by atoms with Crippen LogP contribution < -0.4 is 5.32 Å². The molecule has 0 bridgehead atoms. The van der Waals surface area contributed by atoms with E-state index in [9.17, 15) is 4.39 Å². The fourth-order valence-corrected chi connectivity index (χ4v) is 2.74. The van der Waals surface area contributed by atoms with Gasteiger partial charge in [0.1, 0.15) is 5.82 Å². The Kier molecular flexibility index (Phi) is 3.82. The van der Waals surface area contributed by atoms with Gasteiger partial charge in [-0.3, -0.25) is 4.98 Å². The molecule has 0 radical (unpaired) electrons. The van der Waals surface area contributed by atoms with E-state index in [4.69, 9.17) is 0 Å². The number of anilines is 1. The van der Waals surface area contributed by atoms with Crippen LogP contribution >= 0.6 is 22.6 Å². The zero-order valence-electron chi connectivity index (χ0n) is 10.6. The lowest BCUT2D eigenvalue weighted by Gasteiger charge is -2.09. The van der Waals surface area contributed by atoms with Crippen molar-refractivity contribution in [3.8, 4) is 0 Å². The second-order valence-corrected chi connectivity index (χ2v) is 5.70. The maximum Gasteiger partial charge on any atom is 0.124 e. The van der Waals surface area contributed by atoms with E-state index in [0.29, 0.717) is 6.54 Å². The monoisotopic (exact) mass is 378 g/mol. The van der Waals surface area contributed by atoms with E-state index in [1.807, 2.05) is 12.3 Å². The summed E-state index contributed by atoms with van der Waals surface area (Å²) in [5.41, 5.74) is 2.13. The van der Waals surface area contributed by atoms with Crippen LogP contribution in [0.25, 0.3) is 10.8 Å². The van der Waals surface area contributed by atoms with Crippen LogP contribution in [0.3, 0.4) is 0 Å². The molecule has 3 aromatic rings. The quantitative estimate of drug-likeness (QED) is 0.675. The normalized spacial score (nSPS) is 10.7. The summed E-state index contributed by atoms with van der Waals surface area (Å²) in [5, 5.41) is 5.64. The maximum absolute atomic E-state index is 13.0. The molecule has 1 aromatic heterocycles.